The summed E-state index contributed by atoms with van der Waals surface area (Å²) in [6.07, 6.45) is 0.181. The third-order valence-corrected chi connectivity index (χ3v) is 0.454. The van der Waals surface area contributed by atoms with E-state index in [1.165, 1.54) is 6.92 Å². The molecule has 0 fully saturated rings. The van der Waals surface area contributed by atoms with Crippen LogP contribution in [0.3, 0.4) is 0 Å². The van der Waals surface area contributed by atoms with Crippen molar-refractivity contribution in [1.82, 2.24) is 0 Å². The topological polar surface area (TPSA) is 37.0 Å². The molecule has 0 heterocycles. The zero-order valence-corrected chi connectivity index (χ0v) is 3.73. The van der Waals surface area contributed by atoms with E-state index in [4.69, 9.17) is 0 Å². The summed E-state index contributed by atoms with van der Waals surface area (Å²) in [4.78, 5) is 9.84. The second kappa shape index (κ2) is 2.85. The molecular formula is C4H7O2. The minimum absolute atomic E-state index is 0.0231. The molecule has 35 valence electrons. The van der Waals surface area contributed by atoms with Gasteiger partial charge in [-0.1, -0.05) is 0 Å². The molecule has 0 amide bonds. The summed E-state index contributed by atoms with van der Waals surface area (Å²) in [7, 11) is 0. The first-order valence-corrected chi connectivity index (χ1v) is 1.85. The smallest absolute Gasteiger partial charge is 0.132 e. The molecule has 1 radical (unpaired) electrons. The van der Waals surface area contributed by atoms with Crippen LogP contribution in [0.5, 0.6) is 0 Å². The standard InChI is InChI=1S/C4H7O2/c1-4(6)2-3-5/h2-3H2,1H3. The fourth-order valence-electron chi connectivity index (χ4n) is 0.144. The average Bonchev–Trinajstić information content (AvgIpc) is 1.35. The summed E-state index contributed by atoms with van der Waals surface area (Å²) in [5.41, 5.74) is 0. The molecule has 6 heavy (non-hydrogen) atoms. The molecule has 0 atom stereocenters. The predicted molar refractivity (Wildman–Crippen MR) is 20.9 cm³/mol. The molecular weight excluding hydrogens is 80.0 g/mol. The van der Waals surface area contributed by atoms with E-state index >= 15 is 0 Å². The second-order valence-electron chi connectivity index (χ2n) is 1.16. The first-order chi connectivity index (χ1) is 2.77. The van der Waals surface area contributed by atoms with Crippen LogP contribution in [0.25, 0.3) is 0 Å². The van der Waals surface area contributed by atoms with Gasteiger partial charge in [-0.3, -0.25) is 4.79 Å². The van der Waals surface area contributed by atoms with E-state index in [9.17, 15) is 9.90 Å². The molecule has 0 aromatic carbocycles. The Labute approximate surface area is 36.8 Å². The van der Waals surface area contributed by atoms with Crippen molar-refractivity contribution in [1.29, 1.82) is 0 Å². The van der Waals surface area contributed by atoms with Crippen molar-refractivity contribution in [3.8, 4) is 0 Å². The number of hydrogen-bond acceptors (Lipinski definition) is 1. The molecule has 0 aromatic heterocycles. The summed E-state index contributed by atoms with van der Waals surface area (Å²) < 4.78 is 0. The Morgan fingerprint density at radius 3 is 2.17 bits per heavy atom. The highest BCUT2D eigenvalue weighted by Crippen LogP contribution is 1.74. The number of carbonyl (C=O) groups excluding carboxylic acids is 1. The molecule has 0 N–H and O–H groups in total. The van der Waals surface area contributed by atoms with Gasteiger partial charge in [-0.15, -0.1) is 0 Å². The maximum atomic E-state index is 9.84. The molecule has 0 saturated heterocycles. The van der Waals surface area contributed by atoms with Gasteiger partial charge in [0.2, 0.25) is 0 Å². The van der Waals surface area contributed by atoms with Crippen LogP contribution in [-0.4, -0.2) is 12.4 Å². The lowest BCUT2D eigenvalue weighted by Crippen LogP contribution is -1.90. The lowest BCUT2D eigenvalue weighted by molar-refractivity contribution is -0.117. The van der Waals surface area contributed by atoms with Gasteiger partial charge < -0.3 is 0 Å². The van der Waals surface area contributed by atoms with Crippen molar-refractivity contribution >= 4 is 5.78 Å². The first-order valence-electron chi connectivity index (χ1n) is 1.85. The minimum atomic E-state index is -0.269. The van der Waals surface area contributed by atoms with Crippen LogP contribution in [0.4, 0.5) is 0 Å². The van der Waals surface area contributed by atoms with E-state index in [-0.39, 0.29) is 18.8 Å². The van der Waals surface area contributed by atoms with Crippen LogP contribution in [-0.2, 0) is 9.90 Å². The van der Waals surface area contributed by atoms with Crippen LogP contribution >= 0.6 is 0 Å². The van der Waals surface area contributed by atoms with Crippen LogP contribution < -0.4 is 0 Å². The number of Topliss-reactive ketones (excluding diaryl/α,β-unsaturated/α-hetero) is 1. The van der Waals surface area contributed by atoms with Crippen molar-refractivity contribution in [2.75, 3.05) is 6.61 Å². The quantitative estimate of drug-likeness (QED) is 0.480. The fraction of sp³-hybridized carbons (Fsp3) is 0.750. The van der Waals surface area contributed by atoms with Crippen molar-refractivity contribution < 1.29 is 9.90 Å². The van der Waals surface area contributed by atoms with Gasteiger partial charge in [0.15, 0.2) is 0 Å². The van der Waals surface area contributed by atoms with Gasteiger partial charge in [0, 0.05) is 6.42 Å². The molecule has 0 spiro atoms. The highest BCUT2D eigenvalue weighted by atomic mass is 16.3. The van der Waals surface area contributed by atoms with Crippen molar-refractivity contribution in [3.63, 3.8) is 0 Å². The molecule has 0 rings (SSSR count). The Balaban J connectivity index is 2.83. The summed E-state index contributed by atoms with van der Waals surface area (Å²) >= 11 is 0. The normalized spacial score (nSPS) is 8.33. The molecule has 0 bridgehead atoms. The predicted octanol–water partition coefficient (Wildman–Crippen LogP) is 0.396. The summed E-state index contributed by atoms with van der Waals surface area (Å²) in [5.74, 6) is -0.0231. The first kappa shape index (κ1) is 5.63. The number of hydrogen-bond donors (Lipinski definition) is 0. The monoisotopic (exact) mass is 87.0 g/mol. The van der Waals surface area contributed by atoms with Crippen LogP contribution in [0.15, 0.2) is 0 Å². The SMILES string of the molecule is CC(=O)CC[O]. The Bertz CT molecular complexity index is 49.5. The van der Waals surface area contributed by atoms with Crippen molar-refractivity contribution in [3.05, 3.63) is 0 Å². The maximum Gasteiger partial charge on any atom is 0.132 e. The summed E-state index contributed by atoms with van der Waals surface area (Å²) in [5, 5.41) is 9.52. The molecule has 0 saturated carbocycles. The average molecular weight is 87.1 g/mol. The number of ketones is 1. The van der Waals surface area contributed by atoms with Gasteiger partial charge in [0.05, 0.1) is 6.61 Å². The van der Waals surface area contributed by atoms with Crippen LogP contribution in [0, 0.1) is 0 Å². The molecule has 2 nitrogen and oxygen atoms in total. The molecule has 0 aliphatic heterocycles. The van der Waals surface area contributed by atoms with E-state index in [0.29, 0.717) is 0 Å². The Morgan fingerprint density at radius 1 is 1.67 bits per heavy atom. The fourth-order valence-corrected chi connectivity index (χ4v) is 0.144. The van der Waals surface area contributed by atoms with Gasteiger partial charge in [-0.05, 0) is 6.92 Å². The van der Waals surface area contributed by atoms with Gasteiger partial charge in [-0.25, -0.2) is 5.11 Å². The van der Waals surface area contributed by atoms with Crippen LogP contribution in [0.2, 0.25) is 0 Å². The van der Waals surface area contributed by atoms with Gasteiger partial charge in [-0.2, -0.15) is 0 Å². The lowest BCUT2D eigenvalue weighted by Gasteiger charge is -1.78. The minimum Gasteiger partial charge on any atom is -0.300 e. The van der Waals surface area contributed by atoms with Crippen LogP contribution in [0.1, 0.15) is 13.3 Å². The largest absolute Gasteiger partial charge is 0.300 e. The Morgan fingerprint density at radius 2 is 2.17 bits per heavy atom. The Hall–Kier alpha value is -0.370. The summed E-state index contributed by atoms with van der Waals surface area (Å²) in [6, 6.07) is 0. The number of carbonyl (C=O) groups is 1. The van der Waals surface area contributed by atoms with E-state index in [0.717, 1.165) is 0 Å². The maximum absolute atomic E-state index is 9.84. The Kier molecular flexibility index (Phi) is 2.67. The van der Waals surface area contributed by atoms with E-state index in [2.05, 4.69) is 0 Å². The van der Waals surface area contributed by atoms with E-state index in [1.807, 2.05) is 0 Å². The van der Waals surface area contributed by atoms with Gasteiger partial charge >= 0.3 is 0 Å². The van der Waals surface area contributed by atoms with Gasteiger partial charge in [0.1, 0.15) is 5.78 Å². The van der Waals surface area contributed by atoms with Gasteiger partial charge in [0.25, 0.3) is 0 Å². The van der Waals surface area contributed by atoms with E-state index < -0.39 is 0 Å². The van der Waals surface area contributed by atoms with Crippen molar-refractivity contribution in [2.24, 2.45) is 0 Å². The van der Waals surface area contributed by atoms with E-state index in [1.54, 1.807) is 0 Å². The zero-order chi connectivity index (χ0) is 4.99. The highest BCUT2D eigenvalue weighted by molar-refractivity contribution is 5.75. The molecule has 0 aliphatic rings. The molecule has 0 aromatic rings. The third kappa shape index (κ3) is 3.63. The molecule has 0 unspecified atom stereocenters. The zero-order valence-electron chi connectivity index (χ0n) is 3.73. The third-order valence-electron chi connectivity index (χ3n) is 0.454. The summed E-state index contributed by atoms with van der Waals surface area (Å²) in [6.45, 7) is 1.15. The highest BCUT2D eigenvalue weighted by Gasteiger charge is 1.86. The van der Waals surface area contributed by atoms with Crippen molar-refractivity contribution in [2.45, 2.75) is 13.3 Å². The lowest BCUT2D eigenvalue weighted by atomic mass is 10.3. The number of rotatable bonds is 2. The molecule has 0 aliphatic carbocycles. The second-order valence-corrected chi connectivity index (χ2v) is 1.16. The molecule has 2 heteroatoms.